The Bertz CT molecular complexity index is 332. The molecule has 0 aliphatic heterocycles. The van der Waals surface area contributed by atoms with Gasteiger partial charge in [-0.05, 0) is 26.0 Å². The minimum Gasteiger partial charge on any atom is -0.473 e. The summed E-state index contributed by atoms with van der Waals surface area (Å²) >= 11 is 0. The van der Waals surface area contributed by atoms with Gasteiger partial charge in [-0.3, -0.25) is 0 Å². The molecule has 0 radical (unpaired) electrons. The number of ether oxygens (including phenoxy) is 3. The lowest BCUT2D eigenvalue weighted by Crippen LogP contribution is -2.14. The first-order valence-electron chi connectivity index (χ1n) is 6.16. The maximum Gasteiger partial charge on any atom is 0.237 e. The number of nitrogens with zero attached hydrogens (tertiary/aromatic N) is 1. The molecular weight excluding hydrogens is 232 g/mol. The van der Waals surface area contributed by atoms with Gasteiger partial charge in [0.05, 0.1) is 31.6 Å². The fourth-order valence-electron chi connectivity index (χ4n) is 1.34. The van der Waals surface area contributed by atoms with Crippen molar-refractivity contribution < 1.29 is 14.2 Å². The van der Waals surface area contributed by atoms with Crippen LogP contribution in [0.1, 0.15) is 13.8 Å². The van der Waals surface area contributed by atoms with E-state index in [9.17, 15) is 0 Å². The molecule has 1 N–H and O–H groups in total. The summed E-state index contributed by atoms with van der Waals surface area (Å²) in [6.07, 6.45) is 1.83. The highest BCUT2D eigenvalue weighted by molar-refractivity contribution is 5.51. The summed E-state index contributed by atoms with van der Waals surface area (Å²) in [6.45, 7) is 6.52. The zero-order chi connectivity index (χ0) is 13.2. The van der Waals surface area contributed by atoms with Gasteiger partial charge >= 0.3 is 0 Å². The normalized spacial score (nSPS) is 10.7. The van der Waals surface area contributed by atoms with Crippen LogP contribution in [0.3, 0.4) is 0 Å². The van der Waals surface area contributed by atoms with E-state index in [0.717, 1.165) is 5.69 Å². The van der Waals surface area contributed by atoms with Gasteiger partial charge in [-0.2, -0.15) is 0 Å². The van der Waals surface area contributed by atoms with Crippen molar-refractivity contribution in [2.45, 2.75) is 20.0 Å². The number of nitrogens with one attached hydrogen (secondary N) is 1. The Labute approximate surface area is 108 Å². The van der Waals surface area contributed by atoms with Crippen molar-refractivity contribution in [2.75, 3.05) is 38.8 Å². The molecule has 18 heavy (non-hydrogen) atoms. The molecule has 0 aliphatic carbocycles. The smallest absolute Gasteiger partial charge is 0.237 e. The molecule has 0 saturated heterocycles. The number of rotatable bonds is 9. The van der Waals surface area contributed by atoms with Gasteiger partial charge < -0.3 is 19.5 Å². The highest BCUT2D eigenvalue weighted by Gasteiger charge is 2.05. The van der Waals surface area contributed by atoms with E-state index in [-0.39, 0.29) is 6.10 Å². The van der Waals surface area contributed by atoms with Gasteiger partial charge in [0.1, 0.15) is 0 Å². The summed E-state index contributed by atoms with van der Waals surface area (Å²) in [6, 6.07) is 3.82. The molecule has 0 atom stereocenters. The van der Waals surface area contributed by atoms with Crippen LogP contribution in [0.2, 0.25) is 0 Å². The average molecular weight is 254 g/mol. The maximum absolute atomic E-state index is 5.61. The molecule has 0 amide bonds. The fraction of sp³-hybridized carbons (Fsp3) is 0.615. The first-order valence-corrected chi connectivity index (χ1v) is 6.16. The molecule has 0 spiro atoms. The Morgan fingerprint density at radius 3 is 2.83 bits per heavy atom. The number of hydrogen-bond donors (Lipinski definition) is 1. The van der Waals surface area contributed by atoms with Crippen LogP contribution in [0.15, 0.2) is 18.3 Å². The summed E-state index contributed by atoms with van der Waals surface area (Å²) in [5, 5.41) is 3.24. The van der Waals surface area contributed by atoms with Crippen molar-refractivity contribution in [2.24, 2.45) is 0 Å². The van der Waals surface area contributed by atoms with Gasteiger partial charge in [-0.1, -0.05) is 0 Å². The highest BCUT2D eigenvalue weighted by atomic mass is 16.5. The maximum atomic E-state index is 5.61. The number of pyridine rings is 1. The third-order valence-electron chi connectivity index (χ3n) is 2.11. The Morgan fingerprint density at radius 2 is 2.11 bits per heavy atom. The predicted octanol–water partition coefficient (Wildman–Crippen LogP) is 1.94. The van der Waals surface area contributed by atoms with Crippen LogP contribution >= 0.6 is 0 Å². The second-order valence-corrected chi connectivity index (χ2v) is 4.05. The molecule has 0 fully saturated rings. The molecule has 0 aliphatic rings. The molecule has 1 aromatic heterocycles. The van der Waals surface area contributed by atoms with E-state index in [1.807, 2.05) is 26.0 Å². The van der Waals surface area contributed by atoms with Crippen molar-refractivity contribution in [3.05, 3.63) is 18.3 Å². The topological polar surface area (TPSA) is 52.6 Å². The zero-order valence-corrected chi connectivity index (χ0v) is 11.3. The van der Waals surface area contributed by atoms with Crippen LogP contribution in [-0.4, -0.2) is 44.6 Å². The number of aromatic nitrogens is 1. The first kappa shape index (κ1) is 14.7. The van der Waals surface area contributed by atoms with Crippen LogP contribution in [-0.2, 0) is 9.47 Å². The van der Waals surface area contributed by atoms with Crippen LogP contribution in [0.4, 0.5) is 5.69 Å². The quantitative estimate of drug-likeness (QED) is 0.683. The molecule has 1 rings (SSSR count). The minimum atomic E-state index is 0.110. The molecule has 1 heterocycles. The summed E-state index contributed by atoms with van der Waals surface area (Å²) in [5.74, 6) is 0.629. The third kappa shape index (κ3) is 5.84. The summed E-state index contributed by atoms with van der Waals surface area (Å²) < 4.78 is 15.9. The Hall–Kier alpha value is -1.33. The molecule has 0 bridgehead atoms. The largest absolute Gasteiger partial charge is 0.473 e. The number of anilines is 1. The predicted molar refractivity (Wildman–Crippen MR) is 71.2 cm³/mol. The van der Waals surface area contributed by atoms with Crippen molar-refractivity contribution in [3.8, 4) is 5.88 Å². The van der Waals surface area contributed by atoms with E-state index >= 15 is 0 Å². The van der Waals surface area contributed by atoms with Gasteiger partial charge in [0.25, 0.3) is 0 Å². The second kappa shape index (κ2) is 8.72. The lowest BCUT2D eigenvalue weighted by molar-refractivity contribution is 0.0759. The lowest BCUT2D eigenvalue weighted by Gasteiger charge is -2.14. The van der Waals surface area contributed by atoms with Gasteiger partial charge in [-0.25, -0.2) is 4.98 Å². The Morgan fingerprint density at radius 1 is 1.28 bits per heavy atom. The van der Waals surface area contributed by atoms with E-state index in [1.54, 1.807) is 13.3 Å². The summed E-state index contributed by atoms with van der Waals surface area (Å²) in [7, 11) is 1.66. The van der Waals surface area contributed by atoms with Gasteiger partial charge in [-0.15, -0.1) is 0 Å². The SMILES string of the molecule is COCCOCCNc1cccnc1OC(C)C. The van der Waals surface area contributed by atoms with Crippen LogP contribution in [0.25, 0.3) is 0 Å². The second-order valence-electron chi connectivity index (χ2n) is 4.05. The van der Waals surface area contributed by atoms with E-state index in [1.165, 1.54) is 0 Å². The van der Waals surface area contributed by atoms with Crippen LogP contribution in [0, 0.1) is 0 Å². The van der Waals surface area contributed by atoms with Gasteiger partial charge in [0.15, 0.2) is 0 Å². The highest BCUT2D eigenvalue weighted by Crippen LogP contribution is 2.21. The standard InChI is InChI=1S/C13H22N2O3/c1-11(2)18-13-12(5-4-6-15-13)14-7-8-17-10-9-16-3/h4-6,11,14H,7-10H2,1-3H3. The molecule has 102 valence electrons. The van der Waals surface area contributed by atoms with Crippen molar-refractivity contribution >= 4 is 5.69 Å². The van der Waals surface area contributed by atoms with Crippen molar-refractivity contribution in [3.63, 3.8) is 0 Å². The lowest BCUT2D eigenvalue weighted by atomic mass is 10.4. The minimum absolute atomic E-state index is 0.110. The number of methoxy groups -OCH3 is 1. The average Bonchev–Trinajstić information content (AvgIpc) is 2.35. The summed E-state index contributed by atoms with van der Waals surface area (Å²) in [4.78, 5) is 4.20. The van der Waals surface area contributed by atoms with Crippen LogP contribution in [0.5, 0.6) is 5.88 Å². The van der Waals surface area contributed by atoms with Gasteiger partial charge in [0, 0.05) is 19.9 Å². The molecule has 0 aromatic carbocycles. The van der Waals surface area contributed by atoms with E-state index < -0.39 is 0 Å². The van der Waals surface area contributed by atoms with Crippen molar-refractivity contribution in [1.29, 1.82) is 0 Å². The molecule has 0 saturated carbocycles. The molecular formula is C13H22N2O3. The third-order valence-corrected chi connectivity index (χ3v) is 2.11. The Balaban J connectivity index is 2.32. The van der Waals surface area contributed by atoms with E-state index in [0.29, 0.717) is 32.2 Å². The first-order chi connectivity index (χ1) is 8.74. The molecule has 5 heteroatoms. The van der Waals surface area contributed by atoms with E-state index in [4.69, 9.17) is 14.2 Å². The van der Waals surface area contributed by atoms with Crippen molar-refractivity contribution in [1.82, 2.24) is 4.98 Å². The zero-order valence-electron chi connectivity index (χ0n) is 11.3. The summed E-state index contributed by atoms with van der Waals surface area (Å²) in [5.41, 5.74) is 0.890. The van der Waals surface area contributed by atoms with Gasteiger partial charge in [0.2, 0.25) is 5.88 Å². The monoisotopic (exact) mass is 254 g/mol. The number of hydrogen-bond acceptors (Lipinski definition) is 5. The molecule has 5 nitrogen and oxygen atoms in total. The molecule has 0 unspecified atom stereocenters. The van der Waals surface area contributed by atoms with E-state index in [2.05, 4.69) is 10.3 Å². The Kier molecular flexibility index (Phi) is 7.13. The fourth-order valence-corrected chi connectivity index (χ4v) is 1.34. The van der Waals surface area contributed by atoms with Crippen LogP contribution < -0.4 is 10.1 Å². The molecule has 1 aromatic rings.